The molecule has 1 aromatic carbocycles. The summed E-state index contributed by atoms with van der Waals surface area (Å²) in [5, 5.41) is 5.71. The van der Waals surface area contributed by atoms with Gasteiger partial charge in [-0.15, -0.1) is 0 Å². The number of nitrogens with two attached hydrogens (primary N) is 1. The Bertz CT molecular complexity index is 991. The molecule has 2 aromatic heterocycles. The highest BCUT2D eigenvalue weighted by atomic mass is 14.9. The highest BCUT2D eigenvalue weighted by molar-refractivity contribution is 5.99. The van der Waals surface area contributed by atoms with Gasteiger partial charge in [-0.2, -0.15) is 0 Å². The number of pyridine rings is 2. The summed E-state index contributed by atoms with van der Waals surface area (Å²) in [6.07, 6.45) is 4.92. The lowest BCUT2D eigenvalue weighted by molar-refractivity contribution is 0.583. The van der Waals surface area contributed by atoms with Gasteiger partial charge < -0.3 is 11.1 Å². The first-order valence-electron chi connectivity index (χ1n) is 8.84. The van der Waals surface area contributed by atoms with Crippen molar-refractivity contribution < 1.29 is 0 Å². The SMILES string of the molecule is Cc1cc2cc(-c3cnc4c(c3C)NCC(C)C4)c(C)c(N)c2cn1. The molecule has 0 saturated carbocycles. The lowest BCUT2D eigenvalue weighted by Crippen LogP contribution is -2.22. The van der Waals surface area contributed by atoms with Gasteiger partial charge in [0, 0.05) is 41.3 Å². The Morgan fingerprint density at radius 3 is 2.64 bits per heavy atom. The zero-order valence-electron chi connectivity index (χ0n) is 15.3. The van der Waals surface area contributed by atoms with Gasteiger partial charge in [0.15, 0.2) is 0 Å². The Kier molecular flexibility index (Phi) is 3.64. The summed E-state index contributed by atoms with van der Waals surface area (Å²) in [5.41, 5.74) is 15.3. The van der Waals surface area contributed by atoms with Crippen LogP contribution >= 0.6 is 0 Å². The fraction of sp³-hybridized carbons (Fsp3) is 0.333. The second-order valence-electron chi connectivity index (χ2n) is 7.32. The summed E-state index contributed by atoms with van der Waals surface area (Å²) < 4.78 is 0. The number of aryl methyl sites for hydroxylation is 1. The minimum atomic E-state index is 0.624. The number of anilines is 2. The molecule has 0 spiro atoms. The molecule has 3 aromatic rings. The van der Waals surface area contributed by atoms with Crippen molar-refractivity contribution in [2.24, 2.45) is 5.92 Å². The topological polar surface area (TPSA) is 63.8 Å². The Morgan fingerprint density at radius 1 is 1.04 bits per heavy atom. The molecule has 1 unspecified atom stereocenters. The van der Waals surface area contributed by atoms with Crippen LogP contribution in [-0.2, 0) is 6.42 Å². The van der Waals surface area contributed by atoms with Crippen molar-refractivity contribution in [3.05, 3.63) is 47.0 Å². The molecule has 0 saturated heterocycles. The van der Waals surface area contributed by atoms with Crippen molar-refractivity contribution in [1.29, 1.82) is 0 Å². The number of hydrogen-bond donors (Lipinski definition) is 2. The molecule has 0 fully saturated rings. The van der Waals surface area contributed by atoms with Crippen molar-refractivity contribution >= 4 is 22.1 Å². The smallest absolute Gasteiger partial charge is 0.0641 e. The molecule has 128 valence electrons. The summed E-state index contributed by atoms with van der Waals surface area (Å²) in [4.78, 5) is 9.15. The van der Waals surface area contributed by atoms with E-state index in [0.717, 1.165) is 51.8 Å². The monoisotopic (exact) mass is 332 g/mol. The third-order valence-corrected chi connectivity index (χ3v) is 5.35. The van der Waals surface area contributed by atoms with E-state index in [4.69, 9.17) is 10.7 Å². The van der Waals surface area contributed by atoms with Crippen LogP contribution in [0.25, 0.3) is 21.9 Å². The molecule has 1 atom stereocenters. The second-order valence-corrected chi connectivity index (χ2v) is 7.32. The zero-order valence-corrected chi connectivity index (χ0v) is 15.3. The molecule has 25 heavy (non-hydrogen) atoms. The van der Waals surface area contributed by atoms with E-state index >= 15 is 0 Å². The first-order valence-corrected chi connectivity index (χ1v) is 8.84. The highest BCUT2D eigenvalue weighted by Gasteiger charge is 2.21. The summed E-state index contributed by atoms with van der Waals surface area (Å²) in [7, 11) is 0. The number of nitrogens with one attached hydrogen (secondary N) is 1. The van der Waals surface area contributed by atoms with E-state index in [1.165, 1.54) is 16.9 Å². The lowest BCUT2D eigenvalue weighted by atomic mass is 9.90. The predicted molar refractivity (Wildman–Crippen MR) is 105 cm³/mol. The third kappa shape index (κ3) is 2.53. The number of hydrogen-bond acceptors (Lipinski definition) is 4. The molecular weight excluding hydrogens is 308 g/mol. The molecule has 3 heterocycles. The average Bonchev–Trinajstić information content (AvgIpc) is 2.58. The van der Waals surface area contributed by atoms with Crippen LogP contribution in [0, 0.1) is 26.7 Å². The summed E-state index contributed by atoms with van der Waals surface area (Å²) >= 11 is 0. The Balaban J connectivity index is 1.95. The molecule has 1 aliphatic heterocycles. The van der Waals surface area contributed by atoms with E-state index in [9.17, 15) is 0 Å². The Morgan fingerprint density at radius 2 is 1.84 bits per heavy atom. The first-order chi connectivity index (χ1) is 12.0. The van der Waals surface area contributed by atoms with Gasteiger partial charge in [0.2, 0.25) is 0 Å². The van der Waals surface area contributed by atoms with Gasteiger partial charge in [0.1, 0.15) is 0 Å². The number of fused-ring (bicyclic) bond motifs is 2. The molecule has 0 aliphatic carbocycles. The van der Waals surface area contributed by atoms with Crippen LogP contribution in [-0.4, -0.2) is 16.5 Å². The average molecular weight is 332 g/mol. The van der Waals surface area contributed by atoms with E-state index < -0.39 is 0 Å². The second kappa shape index (κ2) is 5.73. The normalized spacial score (nSPS) is 16.6. The van der Waals surface area contributed by atoms with Crippen LogP contribution in [0.5, 0.6) is 0 Å². The molecule has 4 heteroatoms. The van der Waals surface area contributed by atoms with Crippen molar-refractivity contribution in [3.63, 3.8) is 0 Å². The number of rotatable bonds is 1. The maximum Gasteiger partial charge on any atom is 0.0641 e. The minimum absolute atomic E-state index is 0.624. The third-order valence-electron chi connectivity index (χ3n) is 5.35. The van der Waals surface area contributed by atoms with Gasteiger partial charge in [-0.3, -0.25) is 9.97 Å². The molecule has 1 aliphatic rings. The molecular formula is C21H24N4. The van der Waals surface area contributed by atoms with E-state index in [1.807, 2.05) is 19.3 Å². The van der Waals surface area contributed by atoms with Gasteiger partial charge >= 0.3 is 0 Å². The van der Waals surface area contributed by atoms with Crippen molar-refractivity contribution in [3.8, 4) is 11.1 Å². The first kappa shape index (κ1) is 15.9. The highest BCUT2D eigenvalue weighted by Crippen LogP contribution is 2.38. The molecule has 4 nitrogen and oxygen atoms in total. The van der Waals surface area contributed by atoms with E-state index in [0.29, 0.717) is 5.92 Å². The maximum atomic E-state index is 6.44. The van der Waals surface area contributed by atoms with Crippen LogP contribution in [0.4, 0.5) is 11.4 Å². The van der Waals surface area contributed by atoms with Crippen LogP contribution in [0.1, 0.15) is 29.4 Å². The number of nitrogen functional groups attached to an aromatic ring is 1. The lowest BCUT2D eigenvalue weighted by Gasteiger charge is -2.26. The van der Waals surface area contributed by atoms with Gasteiger partial charge in [0.25, 0.3) is 0 Å². The van der Waals surface area contributed by atoms with Gasteiger partial charge in [-0.05, 0) is 67.3 Å². The summed E-state index contributed by atoms with van der Waals surface area (Å²) in [6, 6.07) is 4.31. The van der Waals surface area contributed by atoms with Gasteiger partial charge in [-0.25, -0.2) is 0 Å². The molecule has 4 rings (SSSR count). The molecule has 0 amide bonds. The van der Waals surface area contributed by atoms with Crippen LogP contribution in [0.15, 0.2) is 24.5 Å². The largest absolute Gasteiger partial charge is 0.398 e. The maximum absolute atomic E-state index is 6.44. The van der Waals surface area contributed by atoms with E-state index in [-0.39, 0.29) is 0 Å². The molecule has 0 radical (unpaired) electrons. The fourth-order valence-corrected chi connectivity index (χ4v) is 3.81. The van der Waals surface area contributed by atoms with Crippen LogP contribution < -0.4 is 11.1 Å². The molecule has 3 N–H and O–H groups in total. The number of aromatic nitrogens is 2. The van der Waals surface area contributed by atoms with E-state index in [2.05, 4.69) is 43.2 Å². The summed E-state index contributed by atoms with van der Waals surface area (Å²) in [6.45, 7) is 9.52. The predicted octanol–water partition coefficient (Wildman–Crippen LogP) is 4.41. The summed E-state index contributed by atoms with van der Waals surface area (Å²) in [5.74, 6) is 0.624. The van der Waals surface area contributed by atoms with Crippen LogP contribution in [0.2, 0.25) is 0 Å². The van der Waals surface area contributed by atoms with Crippen LogP contribution in [0.3, 0.4) is 0 Å². The zero-order chi connectivity index (χ0) is 17.7. The number of nitrogens with zero attached hydrogens (tertiary/aromatic N) is 2. The Labute approximate surface area is 148 Å². The fourth-order valence-electron chi connectivity index (χ4n) is 3.81. The van der Waals surface area contributed by atoms with E-state index in [1.54, 1.807) is 0 Å². The molecule has 0 bridgehead atoms. The Hall–Kier alpha value is -2.62. The van der Waals surface area contributed by atoms with Gasteiger partial charge in [0.05, 0.1) is 11.4 Å². The van der Waals surface area contributed by atoms with Gasteiger partial charge in [-0.1, -0.05) is 6.92 Å². The number of benzene rings is 1. The van der Waals surface area contributed by atoms with Crippen molar-refractivity contribution in [2.75, 3.05) is 17.6 Å². The minimum Gasteiger partial charge on any atom is -0.398 e. The van der Waals surface area contributed by atoms with Crippen molar-refractivity contribution in [1.82, 2.24) is 9.97 Å². The standard InChI is InChI=1S/C21H24N4/c1-11-5-19-21(25-8-11)14(4)17(9-24-19)16-7-15-6-12(2)23-10-18(15)20(22)13(16)3/h6-7,9-11,25H,5,8,22H2,1-4H3. The van der Waals surface area contributed by atoms with Crippen molar-refractivity contribution in [2.45, 2.75) is 34.1 Å². The quantitative estimate of drug-likeness (QED) is 0.648.